The molecule has 1 N–H and O–H groups in total. The van der Waals surface area contributed by atoms with Crippen molar-refractivity contribution >= 4 is 11.9 Å². The maximum absolute atomic E-state index is 12.2. The second-order valence-electron chi connectivity index (χ2n) is 7.99. The van der Waals surface area contributed by atoms with E-state index in [1.165, 1.54) is 32.4 Å². The van der Waals surface area contributed by atoms with Gasteiger partial charge in [0.15, 0.2) is 0 Å². The Hall–Kier alpha value is -1.30. The number of nitrogens with zero attached hydrogens (tertiary/aromatic N) is 3. The van der Waals surface area contributed by atoms with Crippen LogP contribution in [0.1, 0.15) is 40.0 Å². The molecule has 3 aliphatic rings. The molecule has 0 aromatic carbocycles. The first-order valence-corrected chi connectivity index (χ1v) is 8.90. The second-order valence-corrected chi connectivity index (χ2v) is 7.99. The van der Waals surface area contributed by atoms with Gasteiger partial charge in [0.05, 0.1) is 13.1 Å². The van der Waals surface area contributed by atoms with Crippen molar-refractivity contribution in [3.8, 4) is 0 Å². The van der Waals surface area contributed by atoms with Crippen molar-refractivity contribution in [1.29, 1.82) is 0 Å². The van der Waals surface area contributed by atoms with Crippen LogP contribution in [0.15, 0.2) is 4.99 Å². The normalized spacial score (nSPS) is 26.1. The number of aliphatic imine (C=N–C) groups is 1. The van der Waals surface area contributed by atoms with Crippen molar-refractivity contribution in [2.75, 3.05) is 39.3 Å². The van der Waals surface area contributed by atoms with Gasteiger partial charge in [-0.2, -0.15) is 0 Å². The highest BCUT2D eigenvalue weighted by Crippen LogP contribution is 2.31. The average Bonchev–Trinajstić information content (AvgIpc) is 3.23. The van der Waals surface area contributed by atoms with Crippen LogP contribution in [0.25, 0.3) is 0 Å². The van der Waals surface area contributed by atoms with Crippen molar-refractivity contribution in [2.45, 2.75) is 51.7 Å². The maximum Gasteiger partial charge on any atom is 0.410 e. The fraction of sp³-hybridized carbons (Fsp3) is 0.882. The van der Waals surface area contributed by atoms with Crippen molar-refractivity contribution in [3.63, 3.8) is 0 Å². The summed E-state index contributed by atoms with van der Waals surface area (Å²) in [6.45, 7) is 10.9. The predicted octanol–water partition coefficient (Wildman–Crippen LogP) is 1.71. The Kier molecular flexibility index (Phi) is 4.80. The summed E-state index contributed by atoms with van der Waals surface area (Å²) in [5.74, 6) is 1.63. The molecule has 1 saturated carbocycles. The highest BCUT2D eigenvalue weighted by molar-refractivity contribution is 5.87. The van der Waals surface area contributed by atoms with Crippen LogP contribution in [-0.4, -0.2) is 72.6 Å². The quantitative estimate of drug-likeness (QED) is 0.859. The van der Waals surface area contributed by atoms with Gasteiger partial charge in [-0.3, -0.25) is 9.89 Å². The van der Waals surface area contributed by atoms with E-state index in [-0.39, 0.29) is 6.09 Å². The summed E-state index contributed by atoms with van der Waals surface area (Å²) in [6, 6.07) is 0.870. The van der Waals surface area contributed by atoms with Crippen LogP contribution in [0.2, 0.25) is 0 Å². The SMILES string of the molecule is CC(C)(C)OC(=O)N1CCN=C(NCC2CCN(C3CC3)C2)C1. The Morgan fingerprint density at radius 2 is 2.09 bits per heavy atom. The minimum absolute atomic E-state index is 0.243. The highest BCUT2D eigenvalue weighted by atomic mass is 16.6. The van der Waals surface area contributed by atoms with Crippen LogP contribution in [-0.2, 0) is 4.74 Å². The van der Waals surface area contributed by atoms with E-state index in [1.807, 2.05) is 20.8 Å². The molecule has 0 aromatic rings. The van der Waals surface area contributed by atoms with E-state index < -0.39 is 5.60 Å². The Morgan fingerprint density at radius 3 is 2.78 bits per heavy atom. The van der Waals surface area contributed by atoms with E-state index >= 15 is 0 Å². The lowest BCUT2D eigenvalue weighted by molar-refractivity contribution is 0.0276. The highest BCUT2D eigenvalue weighted by Gasteiger charge is 2.34. The molecule has 1 unspecified atom stereocenters. The van der Waals surface area contributed by atoms with Gasteiger partial charge in [-0.05, 0) is 52.5 Å². The van der Waals surface area contributed by atoms with Gasteiger partial charge in [0.25, 0.3) is 0 Å². The number of amides is 1. The molecule has 6 heteroatoms. The van der Waals surface area contributed by atoms with E-state index in [0.29, 0.717) is 25.6 Å². The van der Waals surface area contributed by atoms with Gasteiger partial charge in [0.2, 0.25) is 0 Å². The van der Waals surface area contributed by atoms with E-state index in [0.717, 1.165) is 18.4 Å². The third kappa shape index (κ3) is 4.83. The van der Waals surface area contributed by atoms with Gasteiger partial charge in [0, 0.05) is 25.7 Å². The first-order valence-electron chi connectivity index (χ1n) is 8.90. The third-order valence-corrected chi connectivity index (χ3v) is 4.64. The van der Waals surface area contributed by atoms with Crippen molar-refractivity contribution in [1.82, 2.24) is 15.1 Å². The van der Waals surface area contributed by atoms with Crippen LogP contribution in [0.4, 0.5) is 4.79 Å². The summed E-state index contributed by atoms with van der Waals surface area (Å²) in [7, 11) is 0. The monoisotopic (exact) mass is 322 g/mol. The molecule has 0 radical (unpaired) electrons. The fourth-order valence-electron chi connectivity index (χ4n) is 3.27. The number of ether oxygens (including phenoxy) is 1. The molecule has 1 amide bonds. The number of nitrogens with one attached hydrogen (secondary N) is 1. The Balaban J connectivity index is 1.42. The molecule has 1 atom stereocenters. The van der Waals surface area contributed by atoms with E-state index in [2.05, 4.69) is 15.2 Å². The number of rotatable bonds is 3. The van der Waals surface area contributed by atoms with E-state index in [9.17, 15) is 4.79 Å². The van der Waals surface area contributed by atoms with Gasteiger partial charge in [-0.1, -0.05) is 0 Å². The van der Waals surface area contributed by atoms with Gasteiger partial charge in [-0.15, -0.1) is 0 Å². The predicted molar refractivity (Wildman–Crippen MR) is 90.8 cm³/mol. The molecule has 0 spiro atoms. The Morgan fingerprint density at radius 1 is 1.30 bits per heavy atom. The standard InChI is InChI=1S/C17H30N4O2/c1-17(2,3)23-16(22)21-9-7-18-15(12-21)19-10-13-6-8-20(11-13)14-4-5-14/h13-14H,4-12H2,1-3H3,(H,18,19). The Bertz CT molecular complexity index is 468. The molecule has 6 nitrogen and oxygen atoms in total. The molecule has 2 heterocycles. The molecule has 1 saturated heterocycles. The number of carbonyl (C=O) groups excluding carboxylic acids is 1. The topological polar surface area (TPSA) is 57.2 Å². The van der Waals surface area contributed by atoms with Crippen LogP contribution in [0, 0.1) is 5.92 Å². The molecule has 2 fully saturated rings. The number of hydrogen-bond donors (Lipinski definition) is 1. The Labute approximate surface area is 139 Å². The molecule has 3 rings (SSSR count). The summed E-state index contributed by atoms with van der Waals surface area (Å²) in [4.78, 5) is 21.1. The summed E-state index contributed by atoms with van der Waals surface area (Å²) >= 11 is 0. The molecule has 23 heavy (non-hydrogen) atoms. The minimum Gasteiger partial charge on any atom is -0.444 e. The zero-order valence-corrected chi connectivity index (χ0v) is 14.7. The zero-order valence-electron chi connectivity index (χ0n) is 14.7. The second kappa shape index (κ2) is 6.67. The minimum atomic E-state index is -0.449. The van der Waals surface area contributed by atoms with Gasteiger partial charge in [0.1, 0.15) is 11.4 Å². The van der Waals surface area contributed by atoms with Crippen LogP contribution >= 0.6 is 0 Å². The lowest BCUT2D eigenvalue weighted by Gasteiger charge is -2.30. The van der Waals surface area contributed by atoms with Crippen molar-refractivity contribution in [2.24, 2.45) is 10.9 Å². The molecule has 1 aliphatic carbocycles. The third-order valence-electron chi connectivity index (χ3n) is 4.64. The lowest BCUT2D eigenvalue weighted by Crippen LogP contribution is -2.48. The summed E-state index contributed by atoms with van der Waals surface area (Å²) in [5, 5.41) is 3.46. The van der Waals surface area contributed by atoms with Gasteiger partial charge < -0.3 is 15.0 Å². The number of carbonyl (C=O) groups is 1. The van der Waals surface area contributed by atoms with E-state index in [1.54, 1.807) is 4.90 Å². The molecule has 130 valence electrons. The van der Waals surface area contributed by atoms with Crippen LogP contribution < -0.4 is 5.32 Å². The van der Waals surface area contributed by atoms with Crippen LogP contribution in [0.5, 0.6) is 0 Å². The van der Waals surface area contributed by atoms with Crippen LogP contribution in [0.3, 0.4) is 0 Å². The van der Waals surface area contributed by atoms with Crippen molar-refractivity contribution in [3.05, 3.63) is 0 Å². The molecule has 2 aliphatic heterocycles. The lowest BCUT2D eigenvalue weighted by atomic mass is 10.1. The summed E-state index contributed by atoms with van der Waals surface area (Å²) in [6.07, 6.45) is 3.80. The van der Waals surface area contributed by atoms with Gasteiger partial charge >= 0.3 is 6.09 Å². The number of amidine groups is 1. The summed E-state index contributed by atoms with van der Waals surface area (Å²) < 4.78 is 5.45. The molecular formula is C17H30N4O2. The van der Waals surface area contributed by atoms with Crippen molar-refractivity contribution < 1.29 is 9.53 Å². The maximum atomic E-state index is 12.2. The molecule has 0 bridgehead atoms. The first-order chi connectivity index (χ1) is 10.9. The molecule has 0 aromatic heterocycles. The fourth-order valence-corrected chi connectivity index (χ4v) is 3.27. The zero-order chi connectivity index (χ0) is 16.4. The summed E-state index contributed by atoms with van der Waals surface area (Å²) in [5.41, 5.74) is -0.449. The number of likely N-dealkylation sites (tertiary alicyclic amines) is 1. The van der Waals surface area contributed by atoms with E-state index in [4.69, 9.17) is 4.74 Å². The average molecular weight is 322 g/mol. The molecular weight excluding hydrogens is 292 g/mol. The first kappa shape index (κ1) is 16.6. The largest absolute Gasteiger partial charge is 0.444 e. The smallest absolute Gasteiger partial charge is 0.410 e. The number of hydrogen-bond acceptors (Lipinski definition) is 5. The van der Waals surface area contributed by atoms with Gasteiger partial charge in [-0.25, -0.2) is 4.79 Å².